The largest absolute Gasteiger partial charge is 0.495 e. The van der Waals surface area contributed by atoms with Gasteiger partial charge < -0.3 is 24.4 Å². The lowest BCUT2D eigenvalue weighted by Gasteiger charge is -2.38. The Balaban J connectivity index is 1.45. The summed E-state index contributed by atoms with van der Waals surface area (Å²) in [5, 5.41) is 2.89. The second-order valence-electron chi connectivity index (χ2n) is 6.68. The number of piperidine rings is 1. The first-order chi connectivity index (χ1) is 13.2. The highest BCUT2D eigenvalue weighted by atomic mass is 16.7. The molecule has 1 aromatic heterocycles. The van der Waals surface area contributed by atoms with Crippen molar-refractivity contribution in [2.24, 2.45) is 0 Å². The smallest absolute Gasteiger partial charge is 0.257 e. The number of para-hydroxylation sites is 2. The maximum absolute atomic E-state index is 12.7. The van der Waals surface area contributed by atoms with Crippen LogP contribution in [0.25, 0.3) is 0 Å². The van der Waals surface area contributed by atoms with Gasteiger partial charge in [-0.1, -0.05) is 12.1 Å². The number of ether oxygens (including phenoxy) is 3. The van der Waals surface area contributed by atoms with Crippen LogP contribution >= 0.6 is 0 Å². The van der Waals surface area contributed by atoms with Crippen LogP contribution in [0.1, 0.15) is 23.2 Å². The third-order valence-electron chi connectivity index (χ3n) is 5.05. The lowest BCUT2D eigenvalue weighted by atomic mass is 10.0. The Morgan fingerprint density at radius 2 is 1.93 bits per heavy atom. The number of carbonyl (C=O) groups is 1. The summed E-state index contributed by atoms with van der Waals surface area (Å²) >= 11 is 0. The van der Waals surface area contributed by atoms with Gasteiger partial charge in [-0.25, -0.2) is 0 Å². The van der Waals surface area contributed by atoms with Crippen LogP contribution in [0.15, 0.2) is 42.7 Å². The van der Waals surface area contributed by atoms with E-state index < -0.39 is 5.79 Å². The maximum atomic E-state index is 12.7. The molecule has 1 N–H and O–H groups in total. The third kappa shape index (κ3) is 3.74. The number of pyridine rings is 1. The quantitative estimate of drug-likeness (QED) is 0.893. The fourth-order valence-electron chi connectivity index (χ4n) is 3.56. The van der Waals surface area contributed by atoms with Crippen molar-refractivity contribution in [3.8, 4) is 5.75 Å². The van der Waals surface area contributed by atoms with Crippen LogP contribution in [-0.2, 0) is 9.47 Å². The Kier molecular flexibility index (Phi) is 4.96. The van der Waals surface area contributed by atoms with Crippen molar-refractivity contribution >= 4 is 17.3 Å². The molecule has 4 rings (SSSR count). The monoisotopic (exact) mass is 369 g/mol. The van der Waals surface area contributed by atoms with Crippen molar-refractivity contribution in [3.05, 3.63) is 48.3 Å². The number of anilines is 2. The molecule has 2 saturated heterocycles. The van der Waals surface area contributed by atoms with Crippen molar-refractivity contribution in [1.82, 2.24) is 4.98 Å². The minimum Gasteiger partial charge on any atom is -0.495 e. The molecule has 0 aliphatic carbocycles. The second-order valence-corrected chi connectivity index (χ2v) is 6.68. The number of amides is 1. The van der Waals surface area contributed by atoms with Gasteiger partial charge in [-0.3, -0.25) is 9.78 Å². The second kappa shape index (κ2) is 7.54. The van der Waals surface area contributed by atoms with E-state index in [0.29, 0.717) is 30.2 Å². The van der Waals surface area contributed by atoms with E-state index in [0.717, 1.165) is 31.6 Å². The number of rotatable bonds is 4. The van der Waals surface area contributed by atoms with Crippen molar-refractivity contribution in [2.75, 3.05) is 43.6 Å². The van der Waals surface area contributed by atoms with Gasteiger partial charge in [0.1, 0.15) is 5.75 Å². The third-order valence-corrected chi connectivity index (χ3v) is 5.05. The number of hydrogen-bond donors (Lipinski definition) is 1. The van der Waals surface area contributed by atoms with E-state index in [-0.39, 0.29) is 5.91 Å². The lowest BCUT2D eigenvalue weighted by molar-refractivity contribution is -0.169. The minimum absolute atomic E-state index is 0.218. The number of nitrogens with zero attached hydrogens (tertiary/aromatic N) is 2. The Morgan fingerprint density at radius 3 is 2.67 bits per heavy atom. The Labute approximate surface area is 158 Å². The molecule has 0 saturated carbocycles. The topological polar surface area (TPSA) is 72.9 Å². The van der Waals surface area contributed by atoms with Gasteiger partial charge in [0.15, 0.2) is 5.79 Å². The Hall–Kier alpha value is -2.64. The Bertz CT molecular complexity index is 810. The van der Waals surface area contributed by atoms with E-state index in [1.165, 1.54) is 0 Å². The SMILES string of the molecule is COc1ccccc1NC(=O)c1cncc(N2CCC3(CC2)OCCO3)c1. The first kappa shape index (κ1) is 17.8. The molecule has 0 radical (unpaired) electrons. The summed E-state index contributed by atoms with van der Waals surface area (Å²) in [5.41, 5.74) is 2.06. The van der Waals surface area contributed by atoms with Crippen LogP contribution in [0.2, 0.25) is 0 Å². The molecule has 7 heteroatoms. The lowest BCUT2D eigenvalue weighted by Crippen LogP contribution is -2.45. The Morgan fingerprint density at radius 1 is 1.19 bits per heavy atom. The van der Waals surface area contributed by atoms with Gasteiger partial charge in [0.2, 0.25) is 0 Å². The highest BCUT2D eigenvalue weighted by Crippen LogP contribution is 2.33. The molecule has 142 valence electrons. The maximum Gasteiger partial charge on any atom is 0.257 e. The number of benzene rings is 1. The van der Waals surface area contributed by atoms with E-state index in [9.17, 15) is 4.79 Å². The van der Waals surface area contributed by atoms with Gasteiger partial charge in [-0.05, 0) is 18.2 Å². The molecule has 3 heterocycles. The molecule has 0 atom stereocenters. The summed E-state index contributed by atoms with van der Waals surface area (Å²) in [7, 11) is 1.58. The molecule has 0 unspecified atom stereocenters. The molecule has 1 spiro atoms. The van der Waals surface area contributed by atoms with E-state index in [1.807, 2.05) is 18.2 Å². The number of aromatic nitrogens is 1. The summed E-state index contributed by atoms with van der Waals surface area (Å²) in [6.45, 7) is 2.94. The van der Waals surface area contributed by atoms with E-state index in [4.69, 9.17) is 14.2 Å². The average molecular weight is 369 g/mol. The average Bonchev–Trinajstić information content (AvgIpc) is 3.17. The van der Waals surface area contributed by atoms with Gasteiger partial charge in [-0.2, -0.15) is 0 Å². The predicted octanol–water partition coefficient (Wildman–Crippen LogP) is 2.69. The standard InChI is InChI=1S/C20H23N3O4/c1-25-18-5-3-2-4-17(18)22-19(24)15-12-16(14-21-13-15)23-8-6-20(7-9-23)26-10-11-27-20/h2-5,12-14H,6-11H2,1H3,(H,22,24). The van der Waals surface area contributed by atoms with Crippen LogP contribution in [0.4, 0.5) is 11.4 Å². The van der Waals surface area contributed by atoms with Crippen molar-refractivity contribution in [1.29, 1.82) is 0 Å². The molecule has 27 heavy (non-hydrogen) atoms. The van der Waals surface area contributed by atoms with Crippen LogP contribution in [-0.4, -0.2) is 50.1 Å². The molecule has 1 aromatic carbocycles. The van der Waals surface area contributed by atoms with Crippen LogP contribution in [0, 0.1) is 0 Å². The van der Waals surface area contributed by atoms with Gasteiger partial charge in [0.25, 0.3) is 5.91 Å². The van der Waals surface area contributed by atoms with E-state index in [2.05, 4.69) is 15.2 Å². The number of methoxy groups -OCH3 is 1. The van der Waals surface area contributed by atoms with Crippen molar-refractivity contribution < 1.29 is 19.0 Å². The van der Waals surface area contributed by atoms with E-state index in [1.54, 1.807) is 31.6 Å². The zero-order valence-electron chi connectivity index (χ0n) is 15.3. The molecular weight excluding hydrogens is 346 g/mol. The summed E-state index contributed by atoms with van der Waals surface area (Å²) in [6, 6.07) is 9.19. The van der Waals surface area contributed by atoms with Gasteiger partial charge >= 0.3 is 0 Å². The van der Waals surface area contributed by atoms with E-state index >= 15 is 0 Å². The van der Waals surface area contributed by atoms with Crippen molar-refractivity contribution in [3.63, 3.8) is 0 Å². The van der Waals surface area contributed by atoms with Crippen LogP contribution in [0.5, 0.6) is 5.75 Å². The first-order valence-corrected chi connectivity index (χ1v) is 9.11. The summed E-state index contributed by atoms with van der Waals surface area (Å²) in [6.07, 6.45) is 4.98. The fraction of sp³-hybridized carbons (Fsp3) is 0.400. The predicted molar refractivity (Wildman–Crippen MR) is 101 cm³/mol. The zero-order chi connectivity index (χ0) is 18.7. The molecule has 2 aromatic rings. The van der Waals surface area contributed by atoms with Gasteiger partial charge in [0, 0.05) is 32.1 Å². The van der Waals surface area contributed by atoms with Crippen LogP contribution in [0.3, 0.4) is 0 Å². The molecule has 1 amide bonds. The minimum atomic E-state index is -0.414. The summed E-state index contributed by atoms with van der Waals surface area (Å²) < 4.78 is 16.8. The zero-order valence-corrected chi connectivity index (χ0v) is 15.3. The molecule has 2 aliphatic heterocycles. The molecule has 0 bridgehead atoms. The molecule has 2 aliphatic rings. The highest BCUT2D eigenvalue weighted by molar-refractivity contribution is 6.05. The highest BCUT2D eigenvalue weighted by Gasteiger charge is 2.39. The summed E-state index contributed by atoms with van der Waals surface area (Å²) in [5.74, 6) is -0.0133. The van der Waals surface area contributed by atoms with Gasteiger partial charge in [-0.15, -0.1) is 0 Å². The molecule has 2 fully saturated rings. The molecular formula is C20H23N3O4. The normalized spacial score (nSPS) is 18.5. The summed E-state index contributed by atoms with van der Waals surface area (Å²) in [4.78, 5) is 19.1. The number of hydrogen-bond acceptors (Lipinski definition) is 6. The molecule has 7 nitrogen and oxygen atoms in total. The number of carbonyl (C=O) groups excluding carboxylic acids is 1. The van der Waals surface area contributed by atoms with Crippen molar-refractivity contribution in [2.45, 2.75) is 18.6 Å². The van der Waals surface area contributed by atoms with Crippen LogP contribution < -0.4 is 15.0 Å². The number of nitrogens with one attached hydrogen (secondary N) is 1. The first-order valence-electron chi connectivity index (χ1n) is 9.11. The fourth-order valence-corrected chi connectivity index (χ4v) is 3.56. The van der Waals surface area contributed by atoms with Gasteiger partial charge in [0.05, 0.1) is 43.5 Å².